The molecule has 150 valence electrons. The number of carbonyl (C=O) groups is 2. The van der Waals surface area contributed by atoms with Gasteiger partial charge in [0.1, 0.15) is 6.04 Å². The molecule has 0 saturated heterocycles. The van der Waals surface area contributed by atoms with E-state index in [-0.39, 0.29) is 23.8 Å². The Bertz CT molecular complexity index is 825. The second kappa shape index (κ2) is 9.24. The molecule has 2 aromatic rings. The maximum atomic E-state index is 13.1. The second-order valence-corrected chi connectivity index (χ2v) is 8.67. The van der Waals surface area contributed by atoms with Crippen LogP contribution in [0.15, 0.2) is 48.5 Å². The highest BCUT2D eigenvalue weighted by atomic mass is 35.5. The number of halogens is 1. The van der Waals surface area contributed by atoms with Gasteiger partial charge >= 0.3 is 0 Å². The Labute approximate surface area is 172 Å². The Kier molecular flexibility index (Phi) is 7.25. The van der Waals surface area contributed by atoms with E-state index < -0.39 is 6.04 Å². The Balaban J connectivity index is 2.24. The van der Waals surface area contributed by atoms with Crippen LogP contribution in [0.1, 0.15) is 44.4 Å². The predicted molar refractivity (Wildman–Crippen MR) is 114 cm³/mol. The number of amides is 2. The fourth-order valence-electron chi connectivity index (χ4n) is 2.87. The SMILES string of the molecule is Cc1ccc(CC(=O)N(Cc2cccc(Cl)c2)[C@@H](C)C(=O)NC(C)(C)C)cc1. The molecule has 28 heavy (non-hydrogen) atoms. The van der Waals surface area contributed by atoms with Crippen molar-refractivity contribution in [3.63, 3.8) is 0 Å². The maximum absolute atomic E-state index is 13.1. The van der Waals surface area contributed by atoms with E-state index in [0.29, 0.717) is 11.6 Å². The van der Waals surface area contributed by atoms with E-state index in [1.165, 1.54) is 0 Å². The highest BCUT2D eigenvalue weighted by Crippen LogP contribution is 2.17. The molecule has 2 rings (SSSR count). The minimum atomic E-state index is -0.601. The maximum Gasteiger partial charge on any atom is 0.242 e. The summed E-state index contributed by atoms with van der Waals surface area (Å²) in [6.07, 6.45) is 0.244. The number of hydrogen-bond donors (Lipinski definition) is 1. The average molecular weight is 401 g/mol. The number of rotatable bonds is 6. The van der Waals surface area contributed by atoms with Crippen molar-refractivity contribution in [1.82, 2.24) is 10.2 Å². The van der Waals surface area contributed by atoms with Gasteiger partial charge in [-0.15, -0.1) is 0 Å². The zero-order valence-electron chi connectivity index (χ0n) is 17.3. The molecule has 0 fully saturated rings. The molecule has 1 N–H and O–H groups in total. The van der Waals surface area contributed by atoms with Crippen LogP contribution < -0.4 is 5.32 Å². The van der Waals surface area contributed by atoms with Crippen molar-refractivity contribution >= 4 is 23.4 Å². The summed E-state index contributed by atoms with van der Waals surface area (Å²) >= 11 is 6.10. The van der Waals surface area contributed by atoms with Gasteiger partial charge < -0.3 is 10.2 Å². The van der Waals surface area contributed by atoms with Crippen molar-refractivity contribution in [3.05, 3.63) is 70.2 Å². The minimum Gasteiger partial charge on any atom is -0.350 e. The molecule has 0 aliphatic heterocycles. The fourth-order valence-corrected chi connectivity index (χ4v) is 3.08. The zero-order chi connectivity index (χ0) is 20.9. The standard InChI is InChI=1S/C23H29ClN2O2/c1-16-9-11-18(12-10-16)14-21(27)26(15-19-7-6-8-20(24)13-19)17(2)22(28)25-23(3,4)5/h6-13,17H,14-15H2,1-5H3,(H,25,28)/t17-/m0/s1. The summed E-state index contributed by atoms with van der Waals surface area (Å²) in [4.78, 5) is 27.5. The summed E-state index contributed by atoms with van der Waals surface area (Å²) in [6, 6.07) is 14.6. The topological polar surface area (TPSA) is 49.4 Å². The van der Waals surface area contributed by atoms with Crippen LogP contribution in [-0.2, 0) is 22.6 Å². The largest absolute Gasteiger partial charge is 0.350 e. The summed E-state index contributed by atoms with van der Waals surface area (Å²) in [6.45, 7) is 9.87. The van der Waals surface area contributed by atoms with Crippen LogP contribution >= 0.6 is 11.6 Å². The van der Waals surface area contributed by atoms with E-state index in [1.54, 1.807) is 17.9 Å². The Morgan fingerprint density at radius 2 is 1.71 bits per heavy atom. The van der Waals surface area contributed by atoms with Crippen LogP contribution in [0.5, 0.6) is 0 Å². The van der Waals surface area contributed by atoms with E-state index in [0.717, 1.165) is 16.7 Å². The van der Waals surface area contributed by atoms with E-state index >= 15 is 0 Å². The van der Waals surface area contributed by atoms with Gasteiger partial charge in [-0.25, -0.2) is 0 Å². The first kappa shape index (κ1) is 22.0. The highest BCUT2D eigenvalue weighted by molar-refractivity contribution is 6.30. The molecule has 0 spiro atoms. The van der Waals surface area contributed by atoms with Gasteiger partial charge in [-0.2, -0.15) is 0 Å². The fraction of sp³-hybridized carbons (Fsp3) is 0.391. The number of nitrogens with zero attached hydrogens (tertiary/aromatic N) is 1. The normalized spacial score (nSPS) is 12.4. The quantitative estimate of drug-likeness (QED) is 0.774. The van der Waals surface area contributed by atoms with Gasteiger partial charge in [0.25, 0.3) is 0 Å². The first-order chi connectivity index (χ1) is 13.0. The van der Waals surface area contributed by atoms with E-state index in [2.05, 4.69) is 5.32 Å². The summed E-state index contributed by atoms with van der Waals surface area (Å²) in [5.74, 6) is -0.271. The van der Waals surface area contributed by atoms with Crippen molar-refractivity contribution in [3.8, 4) is 0 Å². The van der Waals surface area contributed by atoms with Crippen LogP contribution in [0.3, 0.4) is 0 Å². The van der Waals surface area contributed by atoms with Gasteiger partial charge in [-0.1, -0.05) is 53.6 Å². The lowest BCUT2D eigenvalue weighted by atomic mass is 10.1. The summed E-state index contributed by atoms with van der Waals surface area (Å²) in [5, 5.41) is 3.57. The van der Waals surface area contributed by atoms with Crippen LogP contribution in [0.2, 0.25) is 5.02 Å². The molecule has 0 heterocycles. The molecule has 0 saturated carbocycles. The Morgan fingerprint density at radius 3 is 2.29 bits per heavy atom. The monoisotopic (exact) mass is 400 g/mol. The van der Waals surface area contributed by atoms with Gasteiger partial charge in [0.15, 0.2) is 0 Å². The van der Waals surface area contributed by atoms with Crippen LogP contribution in [-0.4, -0.2) is 28.3 Å². The molecule has 0 aliphatic carbocycles. The second-order valence-electron chi connectivity index (χ2n) is 8.23. The van der Waals surface area contributed by atoms with Crippen molar-refractivity contribution in [2.24, 2.45) is 0 Å². The third kappa shape index (κ3) is 6.68. The van der Waals surface area contributed by atoms with E-state index in [4.69, 9.17) is 11.6 Å². The number of nitrogens with one attached hydrogen (secondary N) is 1. The van der Waals surface area contributed by atoms with Gasteiger partial charge in [-0.3, -0.25) is 9.59 Å². The first-order valence-electron chi connectivity index (χ1n) is 9.46. The van der Waals surface area contributed by atoms with Gasteiger partial charge in [-0.05, 0) is 57.9 Å². The molecule has 2 amide bonds. The molecule has 0 unspecified atom stereocenters. The van der Waals surface area contributed by atoms with Gasteiger partial charge in [0, 0.05) is 17.1 Å². The molecule has 4 nitrogen and oxygen atoms in total. The Hall–Kier alpha value is -2.33. The Morgan fingerprint density at radius 1 is 1.07 bits per heavy atom. The van der Waals surface area contributed by atoms with Gasteiger partial charge in [0.2, 0.25) is 11.8 Å². The summed E-state index contributed by atoms with van der Waals surface area (Å²) in [5.41, 5.74) is 2.59. The third-order valence-corrected chi connectivity index (χ3v) is 4.62. The van der Waals surface area contributed by atoms with Crippen molar-refractivity contribution < 1.29 is 9.59 Å². The van der Waals surface area contributed by atoms with Crippen LogP contribution in [0.25, 0.3) is 0 Å². The average Bonchev–Trinajstić information content (AvgIpc) is 2.59. The van der Waals surface area contributed by atoms with Crippen molar-refractivity contribution in [2.75, 3.05) is 0 Å². The molecule has 5 heteroatoms. The number of carbonyl (C=O) groups excluding carboxylic acids is 2. The number of aryl methyl sites for hydroxylation is 1. The summed E-state index contributed by atoms with van der Waals surface area (Å²) < 4.78 is 0. The zero-order valence-corrected chi connectivity index (χ0v) is 18.0. The van der Waals surface area contributed by atoms with Crippen molar-refractivity contribution in [1.29, 1.82) is 0 Å². The lowest BCUT2D eigenvalue weighted by Crippen LogP contribution is -2.52. The molecule has 0 aliphatic rings. The smallest absolute Gasteiger partial charge is 0.242 e. The number of hydrogen-bond acceptors (Lipinski definition) is 2. The molecular formula is C23H29ClN2O2. The molecular weight excluding hydrogens is 372 g/mol. The predicted octanol–water partition coefficient (Wildman–Crippen LogP) is 4.52. The lowest BCUT2D eigenvalue weighted by Gasteiger charge is -2.31. The third-order valence-electron chi connectivity index (χ3n) is 4.38. The lowest BCUT2D eigenvalue weighted by molar-refractivity contribution is -0.140. The molecule has 0 radical (unpaired) electrons. The number of benzene rings is 2. The minimum absolute atomic E-state index is 0.0969. The molecule has 0 bridgehead atoms. The van der Waals surface area contributed by atoms with Crippen molar-refractivity contribution in [2.45, 2.75) is 59.2 Å². The van der Waals surface area contributed by atoms with Crippen LogP contribution in [0.4, 0.5) is 0 Å². The highest BCUT2D eigenvalue weighted by Gasteiger charge is 2.28. The van der Waals surface area contributed by atoms with Crippen LogP contribution in [0, 0.1) is 6.92 Å². The first-order valence-corrected chi connectivity index (χ1v) is 9.84. The molecule has 2 aromatic carbocycles. The van der Waals surface area contributed by atoms with E-state index in [1.807, 2.05) is 70.2 Å². The molecule has 0 aromatic heterocycles. The summed E-state index contributed by atoms with van der Waals surface area (Å²) in [7, 11) is 0. The van der Waals surface area contributed by atoms with E-state index in [9.17, 15) is 9.59 Å². The van der Waals surface area contributed by atoms with Gasteiger partial charge in [0.05, 0.1) is 6.42 Å². The molecule has 1 atom stereocenters.